The molecule has 4 heteroatoms. The van der Waals surface area contributed by atoms with Crippen molar-refractivity contribution in [1.29, 1.82) is 0 Å². The topological polar surface area (TPSA) is 50.7 Å². The average molecular weight is 292 g/mol. The highest BCUT2D eigenvalue weighted by molar-refractivity contribution is 5.77. The van der Waals surface area contributed by atoms with Crippen LogP contribution in [0.25, 0.3) is 11.0 Å². The van der Waals surface area contributed by atoms with E-state index in [1.807, 2.05) is 37.3 Å². The standard InChI is InChI=1S/C18H20N4/c1-12-11-13(9-10-19-12)20-17-8-6-14-15(22-17)5-7-16(21-14)18(2,3)4/h5-11H,1-4H3,(H,19,20,22). The molecule has 3 aromatic rings. The van der Waals surface area contributed by atoms with Crippen LogP contribution in [0.4, 0.5) is 11.5 Å². The molecule has 22 heavy (non-hydrogen) atoms. The molecule has 0 fully saturated rings. The lowest BCUT2D eigenvalue weighted by atomic mass is 9.91. The van der Waals surface area contributed by atoms with Gasteiger partial charge in [-0.05, 0) is 43.3 Å². The first-order chi connectivity index (χ1) is 10.4. The maximum Gasteiger partial charge on any atom is 0.131 e. The van der Waals surface area contributed by atoms with E-state index in [0.29, 0.717) is 0 Å². The number of aromatic nitrogens is 3. The van der Waals surface area contributed by atoms with Gasteiger partial charge in [-0.2, -0.15) is 0 Å². The molecule has 112 valence electrons. The van der Waals surface area contributed by atoms with Crippen LogP contribution in [0.1, 0.15) is 32.2 Å². The Kier molecular flexibility index (Phi) is 3.53. The first-order valence-corrected chi connectivity index (χ1v) is 7.40. The SMILES string of the molecule is Cc1cc(Nc2ccc3nc(C(C)(C)C)ccc3n2)ccn1. The van der Waals surface area contributed by atoms with E-state index >= 15 is 0 Å². The summed E-state index contributed by atoms with van der Waals surface area (Å²) in [5, 5.41) is 3.30. The van der Waals surface area contributed by atoms with Crippen LogP contribution < -0.4 is 5.32 Å². The molecular formula is C18H20N4. The third kappa shape index (κ3) is 3.06. The van der Waals surface area contributed by atoms with E-state index in [2.05, 4.69) is 42.1 Å². The minimum absolute atomic E-state index is 0.0413. The molecule has 0 saturated carbocycles. The summed E-state index contributed by atoms with van der Waals surface area (Å²) in [7, 11) is 0. The van der Waals surface area contributed by atoms with Gasteiger partial charge in [0.1, 0.15) is 5.82 Å². The van der Waals surface area contributed by atoms with Crippen molar-refractivity contribution in [3.05, 3.63) is 54.0 Å². The molecule has 3 rings (SSSR count). The number of rotatable bonds is 2. The van der Waals surface area contributed by atoms with Crippen molar-refractivity contribution in [3.63, 3.8) is 0 Å². The third-order valence-electron chi connectivity index (χ3n) is 3.48. The first-order valence-electron chi connectivity index (χ1n) is 7.40. The summed E-state index contributed by atoms with van der Waals surface area (Å²) < 4.78 is 0. The van der Waals surface area contributed by atoms with Crippen LogP contribution in [-0.4, -0.2) is 15.0 Å². The van der Waals surface area contributed by atoms with Gasteiger partial charge in [0.15, 0.2) is 0 Å². The highest BCUT2D eigenvalue weighted by Gasteiger charge is 2.15. The third-order valence-corrected chi connectivity index (χ3v) is 3.48. The van der Waals surface area contributed by atoms with E-state index in [9.17, 15) is 0 Å². The molecule has 1 N–H and O–H groups in total. The fourth-order valence-corrected chi connectivity index (χ4v) is 2.27. The second-order valence-electron chi connectivity index (χ2n) is 6.49. The Bertz CT molecular complexity index is 819. The van der Waals surface area contributed by atoms with E-state index in [1.165, 1.54) is 0 Å². The number of nitrogens with zero attached hydrogens (tertiary/aromatic N) is 3. The number of fused-ring (bicyclic) bond motifs is 1. The van der Waals surface area contributed by atoms with Crippen LogP contribution in [0.2, 0.25) is 0 Å². The maximum atomic E-state index is 4.71. The number of aryl methyl sites for hydroxylation is 1. The van der Waals surface area contributed by atoms with Gasteiger partial charge in [-0.25, -0.2) is 4.98 Å². The van der Waals surface area contributed by atoms with Crippen molar-refractivity contribution in [2.45, 2.75) is 33.1 Å². The predicted molar refractivity (Wildman–Crippen MR) is 90.5 cm³/mol. The summed E-state index contributed by atoms with van der Waals surface area (Å²) in [4.78, 5) is 13.5. The summed E-state index contributed by atoms with van der Waals surface area (Å²) >= 11 is 0. The predicted octanol–water partition coefficient (Wildman–Crippen LogP) is 4.37. The zero-order chi connectivity index (χ0) is 15.7. The monoisotopic (exact) mass is 292 g/mol. The van der Waals surface area contributed by atoms with E-state index in [0.717, 1.165) is 33.9 Å². The second kappa shape index (κ2) is 5.37. The summed E-state index contributed by atoms with van der Waals surface area (Å²) in [5.41, 5.74) is 4.89. The Labute approximate surface area is 130 Å². The van der Waals surface area contributed by atoms with Gasteiger partial charge >= 0.3 is 0 Å². The summed E-state index contributed by atoms with van der Waals surface area (Å²) in [5.74, 6) is 0.809. The lowest BCUT2D eigenvalue weighted by Gasteiger charge is -2.17. The van der Waals surface area contributed by atoms with E-state index < -0.39 is 0 Å². The van der Waals surface area contributed by atoms with Crippen LogP contribution in [-0.2, 0) is 5.41 Å². The molecule has 0 aliphatic heterocycles. The lowest BCUT2D eigenvalue weighted by molar-refractivity contribution is 0.571. The number of anilines is 2. The number of pyridine rings is 3. The fourth-order valence-electron chi connectivity index (χ4n) is 2.27. The molecule has 0 bridgehead atoms. The molecule has 0 saturated heterocycles. The molecule has 0 aliphatic carbocycles. The van der Waals surface area contributed by atoms with Gasteiger partial charge in [0.05, 0.1) is 11.0 Å². The molecule has 3 heterocycles. The Morgan fingerprint density at radius 1 is 0.909 bits per heavy atom. The smallest absolute Gasteiger partial charge is 0.131 e. The van der Waals surface area contributed by atoms with Crippen molar-refractivity contribution < 1.29 is 0 Å². The first kappa shape index (κ1) is 14.4. The van der Waals surface area contributed by atoms with E-state index in [1.54, 1.807) is 6.20 Å². The normalized spacial score (nSPS) is 11.6. The van der Waals surface area contributed by atoms with E-state index in [-0.39, 0.29) is 5.41 Å². The number of nitrogens with one attached hydrogen (secondary N) is 1. The Morgan fingerprint density at radius 3 is 2.36 bits per heavy atom. The molecule has 0 spiro atoms. The van der Waals surface area contributed by atoms with Gasteiger partial charge < -0.3 is 5.32 Å². The van der Waals surface area contributed by atoms with Crippen molar-refractivity contribution in [2.24, 2.45) is 0 Å². The zero-order valence-electron chi connectivity index (χ0n) is 13.4. The molecular weight excluding hydrogens is 272 g/mol. The van der Waals surface area contributed by atoms with Crippen molar-refractivity contribution in [1.82, 2.24) is 15.0 Å². The van der Waals surface area contributed by atoms with Gasteiger partial charge in [0.2, 0.25) is 0 Å². The van der Waals surface area contributed by atoms with Crippen LogP contribution in [0, 0.1) is 6.92 Å². The molecule has 0 radical (unpaired) electrons. The minimum atomic E-state index is 0.0413. The number of hydrogen-bond donors (Lipinski definition) is 1. The zero-order valence-corrected chi connectivity index (χ0v) is 13.4. The fraction of sp³-hybridized carbons (Fsp3) is 0.278. The van der Waals surface area contributed by atoms with Crippen LogP contribution >= 0.6 is 0 Å². The average Bonchev–Trinajstić information content (AvgIpc) is 2.45. The second-order valence-corrected chi connectivity index (χ2v) is 6.49. The van der Waals surface area contributed by atoms with Gasteiger partial charge in [0, 0.05) is 28.7 Å². The Balaban J connectivity index is 1.93. The van der Waals surface area contributed by atoms with Crippen LogP contribution in [0.3, 0.4) is 0 Å². The highest BCUT2D eigenvalue weighted by atomic mass is 15.0. The molecule has 4 nitrogen and oxygen atoms in total. The van der Waals surface area contributed by atoms with Crippen LogP contribution in [0.15, 0.2) is 42.6 Å². The molecule has 0 aromatic carbocycles. The van der Waals surface area contributed by atoms with Gasteiger partial charge in [0.25, 0.3) is 0 Å². The molecule has 0 amide bonds. The van der Waals surface area contributed by atoms with Crippen molar-refractivity contribution in [2.75, 3.05) is 5.32 Å². The number of hydrogen-bond acceptors (Lipinski definition) is 4. The summed E-state index contributed by atoms with van der Waals surface area (Å²) in [6, 6.07) is 12.0. The molecule has 0 aliphatic rings. The minimum Gasteiger partial charge on any atom is -0.340 e. The lowest BCUT2D eigenvalue weighted by Crippen LogP contribution is -2.13. The van der Waals surface area contributed by atoms with Gasteiger partial charge in [-0.3, -0.25) is 9.97 Å². The van der Waals surface area contributed by atoms with Crippen molar-refractivity contribution >= 4 is 22.5 Å². The van der Waals surface area contributed by atoms with Crippen molar-refractivity contribution in [3.8, 4) is 0 Å². The molecule has 3 aromatic heterocycles. The molecule has 0 unspecified atom stereocenters. The van der Waals surface area contributed by atoms with E-state index in [4.69, 9.17) is 4.98 Å². The van der Waals surface area contributed by atoms with Gasteiger partial charge in [-0.1, -0.05) is 20.8 Å². The van der Waals surface area contributed by atoms with Crippen LogP contribution in [0.5, 0.6) is 0 Å². The summed E-state index contributed by atoms with van der Waals surface area (Å²) in [6.45, 7) is 8.46. The Morgan fingerprint density at radius 2 is 1.64 bits per heavy atom. The highest BCUT2D eigenvalue weighted by Crippen LogP contribution is 2.23. The quantitative estimate of drug-likeness (QED) is 0.761. The van der Waals surface area contributed by atoms with Gasteiger partial charge in [-0.15, -0.1) is 0 Å². The largest absolute Gasteiger partial charge is 0.340 e. The maximum absolute atomic E-state index is 4.71. The molecule has 0 atom stereocenters. The Hall–Kier alpha value is -2.49. The summed E-state index contributed by atoms with van der Waals surface area (Å²) in [6.07, 6.45) is 1.79.